The summed E-state index contributed by atoms with van der Waals surface area (Å²) in [5.74, 6) is 1.09. The van der Waals surface area contributed by atoms with Gasteiger partial charge in [0.1, 0.15) is 5.75 Å². The van der Waals surface area contributed by atoms with E-state index < -0.39 is 0 Å². The Morgan fingerprint density at radius 2 is 1.58 bits per heavy atom. The summed E-state index contributed by atoms with van der Waals surface area (Å²) in [6.07, 6.45) is 1.83. The monoisotopic (exact) mass is 316 g/mol. The molecule has 0 fully saturated rings. The van der Waals surface area contributed by atoms with E-state index in [0.717, 1.165) is 33.2 Å². The van der Waals surface area contributed by atoms with E-state index in [2.05, 4.69) is 12.1 Å². The molecule has 0 aliphatic heterocycles. The average molecular weight is 316 g/mol. The van der Waals surface area contributed by atoms with Crippen molar-refractivity contribution in [3.05, 3.63) is 71.5 Å². The molecule has 0 heterocycles. The Morgan fingerprint density at radius 3 is 2.29 bits per heavy atom. The number of ketones is 1. The molecular formula is C21H16O3. The molecule has 0 saturated heterocycles. The van der Waals surface area contributed by atoms with Gasteiger partial charge in [-0.25, -0.2) is 0 Å². The van der Waals surface area contributed by atoms with Crippen molar-refractivity contribution in [1.29, 1.82) is 0 Å². The number of carbonyl (C=O) groups is 1. The van der Waals surface area contributed by atoms with Gasteiger partial charge in [-0.05, 0) is 34.7 Å². The van der Waals surface area contributed by atoms with Gasteiger partial charge < -0.3 is 9.47 Å². The lowest BCUT2D eigenvalue weighted by molar-refractivity contribution is 0.0962. The summed E-state index contributed by atoms with van der Waals surface area (Å²) in [5, 5.41) is 2.08. The first-order valence-corrected chi connectivity index (χ1v) is 7.74. The summed E-state index contributed by atoms with van der Waals surface area (Å²) in [7, 11) is 3.19. The number of allylic oxidation sites excluding steroid dienone is 1. The number of methoxy groups -OCH3 is 2. The van der Waals surface area contributed by atoms with Gasteiger partial charge in [0.25, 0.3) is 0 Å². The van der Waals surface area contributed by atoms with Crippen LogP contribution in [0.15, 0.2) is 60.4 Å². The summed E-state index contributed by atoms with van der Waals surface area (Å²) < 4.78 is 10.8. The van der Waals surface area contributed by atoms with E-state index in [4.69, 9.17) is 9.47 Å². The largest absolute Gasteiger partial charge is 0.496 e. The van der Waals surface area contributed by atoms with Crippen LogP contribution in [0.1, 0.15) is 15.9 Å². The fraction of sp³-hybridized carbons (Fsp3) is 0.0952. The fourth-order valence-electron chi connectivity index (χ4n) is 3.32. The zero-order valence-corrected chi connectivity index (χ0v) is 13.5. The zero-order chi connectivity index (χ0) is 16.7. The summed E-state index contributed by atoms with van der Waals surface area (Å²) in [6.45, 7) is 0. The predicted molar refractivity (Wildman–Crippen MR) is 95.3 cm³/mol. The number of Topliss-reactive ketones (excluding diaryl/α,β-unsaturated/α-hetero) is 1. The van der Waals surface area contributed by atoms with Gasteiger partial charge in [0.15, 0.2) is 5.76 Å². The smallest absolute Gasteiger partial charge is 0.228 e. The van der Waals surface area contributed by atoms with Crippen LogP contribution in [-0.2, 0) is 4.74 Å². The molecule has 0 saturated carbocycles. The first-order valence-electron chi connectivity index (χ1n) is 7.74. The van der Waals surface area contributed by atoms with Crippen LogP contribution >= 0.6 is 0 Å². The summed E-state index contributed by atoms with van der Waals surface area (Å²) in [6, 6.07) is 17.9. The number of hydrogen-bond acceptors (Lipinski definition) is 3. The lowest BCUT2D eigenvalue weighted by Crippen LogP contribution is -2.00. The van der Waals surface area contributed by atoms with Gasteiger partial charge in [0, 0.05) is 16.5 Å². The molecule has 1 aliphatic rings. The Labute approximate surface area is 140 Å². The molecule has 3 aromatic rings. The van der Waals surface area contributed by atoms with Gasteiger partial charge in [0.2, 0.25) is 5.78 Å². The number of rotatable bonds is 3. The Morgan fingerprint density at radius 1 is 0.833 bits per heavy atom. The van der Waals surface area contributed by atoms with Crippen LogP contribution in [0.25, 0.3) is 28.0 Å². The van der Waals surface area contributed by atoms with E-state index in [1.54, 1.807) is 7.11 Å². The van der Waals surface area contributed by atoms with Crippen molar-refractivity contribution < 1.29 is 14.3 Å². The molecule has 0 bridgehead atoms. The topological polar surface area (TPSA) is 35.5 Å². The molecule has 0 unspecified atom stereocenters. The van der Waals surface area contributed by atoms with Crippen molar-refractivity contribution in [2.24, 2.45) is 0 Å². The number of benzene rings is 3. The maximum absolute atomic E-state index is 12.4. The first kappa shape index (κ1) is 14.5. The highest BCUT2D eigenvalue weighted by molar-refractivity contribution is 6.22. The zero-order valence-electron chi connectivity index (χ0n) is 13.5. The van der Waals surface area contributed by atoms with Gasteiger partial charge >= 0.3 is 0 Å². The molecule has 0 N–H and O–H groups in total. The molecule has 0 atom stereocenters. The predicted octanol–water partition coefficient (Wildman–Crippen LogP) is 4.70. The second-order valence-corrected chi connectivity index (χ2v) is 5.68. The van der Waals surface area contributed by atoms with Crippen molar-refractivity contribution in [2.75, 3.05) is 14.2 Å². The van der Waals surface area contributed by atoms with Crippen molar-refractivity contribution in [3.8, 4) is 16.9 Å². The Bertz CT molecular complexity index is 985. The van der Waals surface area contributed by atoms with E-state index in [0.29, 0.717) is 11.3 Å². The van der Waals surface area contributed by atoms with E-state index in [9.17, 15) is 4.79 Å². The third-order valence-electron chi connectivity index (χ3n) is 4.43. The Kier molecular flexibility index (Phi) is 3.35. The molecule has 0 aromatic heterocycles. The summed E-state index contributed by atoms with van der Waals surface area (Å²) >= 11 is 0. The molecule has 1 aliphatic carbocycles. The van der Waals surface area contributed by atoms with Crippen LogP contribution in [0, 0.1) is 0 Å². The molecule has 118 valence electrons. The quantitative estimate of drug-likeness (QED) is 0.702. The third kappa shape index (κ3) is 2.02. The molecule has 3 aromatic carbocycles. The highest BCUT2D eigenvalue weighted by atomic mass is 16.5. The van der Waals surface area contributed by atoms with Crippen molar-refractivity contribution in [3.63, 3.8) is 0 Å². The van der Waals surface area contributed by atoms with Gasteiger partial charge in [-0.1, -0.05) is 42.5 Å². The first-order chi connectivity index (χ1) is 11.7. The van der Waals surface area contributed by atoms with Crippen molar-refractivity contribution in [1.82, 2.24) is 0 Å². The van der Waals surface area contributed by atoms with Crippen LogP contribution in [0.2, 0.25) is 0 Å². The van der Waals surface area contributed by atoms with Gasteiger partial charge in [-0.15, -0.1) is 0 Å². The highest BCUT2D eigenvalue weighted by Crippen LogP contribution is 2.42. The van der Waals surface area contributed by atoms with Crippen LogP contribution in [0.4, 0.5) is 0 Å². The summed E-state index contributed by atoms with van der Waals surface area (Å²) in [4.78, 5) is 12.4. The maximum atomic E-state index is 12.4. The second-order valence-electron chi connectivity index (χ2n) is 5.68. The second kappa shape index (κ2) is 5.53. The summed E-state index contributed by atoms with van der Waals surface area (Å²) in [5.41, 5.74) is 3.62. The van der Waals surface area contributed by atoms with E-state index >= 15 is 0 Å². The minimum atomic E-state index is -0.0729. The normalized spacial score (nSPS) is 12.9. The van der Waals surface area contributed by atoms with Crippen LogP contribution in [-0.4, -0.2) is 20.0 Å². The number of fused-ring (bicyclic) bond motifs is 3. The molecule has 3 heteroatoms. The van der Waals surface area contributed by atoms with Crippen LogP contribution < -0.4 is 4.74 Å². The van der Waals surface area contributed by atoms with E-state index in [1.807, 2.05) is 48.5 Å². The maximum Gasteiger partial charge on any atom is 0.228 e. The lowest BCUT2D eigenvalue weighted by atomic mass is 9.92. The van der Waals surface area contributed by atoms with Gasteiger partial charge in [0.05, 0.1) is 14.2 Å². The molecule has 0 spiro atoms. The van der Waals surface area contributed by atoms with E-state index in [1.165, 1.54) is 7.11 Å². The number of ether oxygens (including phenoxy) is 2. The highest BCUT2D eigenvalue weighted by Gasteiger charge is 2.26. The van der Waals surface area contributed by atoms with Gasteiger partial charge in [-0.3, -0.25) is 4.79 Å². The van der Waals surface area contributed by atoms with Crippen molar-refractivity contribution in [2.45, 2.75) is 0 Å². The fourth-order valence-corrected chi connectivity index (χ4v) is 3.32. The van der Waals surface area contributed by atoms with Crippen LogP contribution in [0.5, 0.6) is 5.75 Å². The average Bonchev–Trinajstić information content (AvgIpc) is 2.97. The number of hydrogen-bond donors (Lipinski definition) is 0. The molecule has 3 nitrogen and oxygen atoms in total. The SMILES string of the molecule is COC1=Cc2c(ccc3ccc(OC)c(-c4ccccc4)c23)C1=O. The molecule has 24 heavy (non-hydrogen) atoms. The van der Waals surface area contributed by atoms with Crippen LogP contribution in [0.3, 0.4) is 0 Å². The molecule has 0 radical (unpaired) electrons. The lowest BCUT2D eigenvalue weighted by Gasteiger charge is -2.14. The standard InChI is InChI=1S/C21H16O3/c1-23-17-11-9-14-8-10-15-16(12-18(24-2)21(15)22)19(14)20(17)13-6-4-3-5-7-13/h3-12H,1-2H3. The molecule has 4 rings (SSSR count). The molecule has 0 amide bonds. The third-order valence-corrected chi connectivity index (χ3v) is 4.43. The minimum Gasteiger partial charge on any atom is -0.496 e. The van der Waals surface area contributed by atoms with Crippen molar-refractivity contribution >= 4 is 22.6 Å². The number of carbonyl (C=O) groups excluding carboxylic acids is 1. The molecular weight excluding hydrogens is 300 g/mol. The van der Waals surface area contributed by atoms with E-state index in [-0.39, 0.29) is 5.78 Å². The Hall–Kier alpha value is -3.07. The van der Waals surface area contributed by atoms with Gasteiger partial charge in [-0.2, -0.15) is 0 Å². The Balaban J connectivity index is 2.14. The minimum absolute atomic E-state index is 0.0729.